The summed E-state index contributed by atoms with van der Waals surface area (Å²) in [4.78, 5) is 4.12. The molecule has 0 fully saturated rings. The second kappa shape index (κ2) is 3.57. The van der Waals surface area contributed by atoms with Gasteiger partial charge in [-0.3, -0.25) is 4.68 Å². The van der Waals surface area contributed by atoms with Gasteiger partial charge in [-0.25, -0.2) is 4.57 Å². The van der Waals surface area contributed by atoms with Crippen molar-refractivity contribution in [1.29, 1.82) is 0 Å². The first-order chi connectivity index (χ1) is 6.74. The molecule has 0 saturated carbocycles. The highest BCUT2D eigenvalue weighted by Crippen LogP contribution is 1.95. The molecule has 0 bridgehead atoms. The molecule has 4 nitrogen and oxygen atoms in total. The summed E-state index contributed by atoms with van der Waals surface area (Å²) in [6, 6.07) is 0. The van der Waals surface area contributed by atoms with Gasteiger partial charge in [-0.1, -0.05) is 4.98 Å². The lowest BCUT2D eigenvalue weighted by molar-refractivity contribution is -0.691. The summed E-state index contributed by atoms with van der Waals surface area (Å²) in [5, 5.41) is 4.12. The van der Waals surface area contributed by atoms with Gasteiger partial charge in [-0.05, 0) is 6.92 Å². The van der Waals surface area contributed by atoms with Crippen LogP contribution in [-0.4, -0.2) is 14.8 Å². The Bertz CT molecular complexity index is 433. The lowest BCUT2D eigenvalue weighted by atomic mass is 10.3. The molecule has 2 rings (SSSR count). The molecule has 0 aliphatic heterocycles. The van der Waals surface area contributed by atoms with Crippen molar-refractivity contribution in [3.05, 3.63) is 42.2 Å². The van der Waals surface area contributed by atoms with E-state index in [1.807, 2.05) is 43.5 Å². The number of rotatable bonds is 2. The Labute approximate surface area is 82.8 Å². The maximum atomic E-state index is 4.12. The van der Waals surface area contributed by atoms with Gasteiger partial charge in [0.1, 0.15) is 12.7 Å². The molecule has 0 aliphatic carbocycles. The minimum absolute atomic E-state index is 0.822. The van der Waals surface area contributed by atoms with Crippen molar-refractivity contribution in [2.45, 2.75) is 13.5 Å². The van der Waals surface area contributed by atoms with Crippen LogP contribution >= 0.6 is 0 Å². The Kier molecular flexibility index (Phi) is 2.26. The normalized spacial score (nSPS) is 10.4. The predicted octanol–water partition coefficient (Wildman–Crippen LogP) is 0.459. The van der Waals surface area contributed by atoms with Crippen molar-refractivity contribution in [2.75, 3.05) is 0 Å². The average molecular weight is 189 g/mol. The first-order valence-electron chi connectivity index (χ1n) is 4.52. The van der Waals surface area contributed by atoms with E-state index in [4.69, 9.17) is 0 Å². The lowest BCUT2D eigenvalue weighted by Gasteiger charge is -1.95. The van der Waals surface area contributed by atoms with Crippen LogP contribution in [-0.2, 0) is 13.6 Å². The maximum absolute atomic E-state index is 4.12. The summed E-state index contributed by atoms with van der Waals surface area (Å²) < 4.78 is 3.85. The van der Waals surface area contributed by atoms with Crippen molar-refractivity contribution in [3.8, 4) is 0 Å². The van der Waals surface area contributed by atoms with E-state index in [-0.39, 0.29) is 0 Å². The Hall–Kier alpha value is -1.71. The largest absolute Gasteiger partial charge is 0.286 e. The molecular formula is C10H13N4+. The molecule has 0 aromatic carbocycles. The van der Waals surface area contributed by atoms with Gasteiger partial charge in [0.2, 0.25) is 0 Å². The Balaban J connectivity index is 2.18. The van der Waals surface area contributed by atoms with Gasteiger partial charge >= 0.3 is 0 Å². The second-order valence-electron chi connectivity index (χ2n) is 3.46. The van der Waals surface area contributed by atoms with Crippen LogP contribution in [0.4, 0.5) is 0 Å². The first-order valence-corrected chi connectivity index (χ1v) is 4.52. The van der Waals surface area contributed by atoms with Gasteiger partial charge in [0, 0.05) is 24.4 Å². The fourth-order valence-electron chi connectivity index (χ4n) is 1.42. The van der Waals surface area contributed by atoms with Crippen molar-refractivity contribution in [1.82, 2.24) is 14.8 Å². The highest BCUT2D eigenvalue weighted by atomic mass is 15.2. The molecule has 0 atom stereocenters. The third-order valence-corrected chi connectivity index (χ3v) is 1.99. The number of nitrogens with zero attached hydrogens (tertiary/aromatic N) is 4. The molecule has 0 amide bonds. The monoisotopic (exact) mass is 189 g/mol. The summed E-state index contributed by atoms with van der Waals surface area (Å²) in [6.45, 7) is 2.86. The van der Waals surface area contributed by atoms with Crippen LogP contribution in [0.25, 0.3) is 0 Å². The van der Waals surface area contributed by atoms with Crippen LogP contribution in [0.15, 0.2) is 31.1 Å². The Morgan fingerprint density at radius 1 is 1.43 bits per heavy atom. The van der Waals surface area contributed by atoms with Gasteiger partial charge < -0.3 is 0 Å². The molecule has 2 heterocycles. The van der Waals surface area contributed by atoms with Gasteiger partial charge in [0.25, 0.3) is 6.33 Å². The van der Waals surface area contributed by atoms with E-state index in [0.717, 1.165) is 12.1 Å². The SMILES string of the molecule is Cc1cnc[n+](Cc2cnn(C)c2)c1. The van der Waals surface area contributed by atoms with Gasteiger partial charge in [0.15, 0.2) is 0 Å². The van der Waals surface area contributed by atoms with Crippen LogP contribution in [0.1, 0.15) is 11.1 Å². The fourth-order valence-corrected chi connectivity index (χ4v) is 1.42. The molecule has 2 aromatic rings. The maximum Gasteiger partial charge on any atom is 0.286 e. The molecule has 2 aromatic heterocycles. The predicted molar refractivity (Wildman–Crippen MR) is 51.5 cm³/mol. The van der Waals surface area contributed by atoms with E-state index in [1.165, 1.54) is 5.56 Å². The highest BCUT2D eigenvalue weighted by molar-refractivity contribution is 5.01. The molecule has 72 valence electrons. The fraction of sp³-hybridized carbons (Fsp3) is 0.300. The van der Waals surface area contributed by atoms with Crippen molar-refractivity contribution >= 4 is 0 Å². The summed E-state index contributed by atoms with van der Waals surface area (Å²) in [5.41, 5.74) is 2.35. The minimum Gasteiger partial charge on any atom is -0.275 e. The summed E-state index contributed by atoms with van der Waals surface area (Å²) in [5.74, 6) is 0. The minimum atomic E-state index is 0.822. The summed E-state index contributed by atoms with van der Waals surface area (Å²) in [7, 11) is 1.92. The third-order valence-electron chi connectivity index (χ3n) is 1.99. The summed E-state index contributed by atoms with van der Waals surface area (Å²) in [6.07, 6.45) is 9.62. The van der Waals surface area contributed by atoms with Gasteiger partial charge in [-0.2, -0.15) is 5.10 Å². The Morgan fingerprint density at radius 2 is 2.29 bits per heavy atom. The van der Waals surface area contributed by atoms with E-state index >= 15 is 0 Å². The van der Waals surface area contributed by atoms with Gasteiger partial charge in [0.05, 0.1) is 12.4 Å². The van der Waals surface area contributed by atoms with E-state index in [0.29, 0.717) is 0 Å². The van der Waals surface area contributed by atoms with Gasteiger partial charge in [-0.15, -0.1) is 0 Å². The molecule has 0 N–H and O–H groups in total. The molecule has 0 aliphatic rings. The zero-order valence-corrected chi connectivity index (χ0v) is 8.38. The zero-order valence-electron chi connectivity index (χ0n) is 8.38. The lowest BCUT2D eigenvalue weighted by Crippen LogP contribution is -2.34. The van der Waals surface area contributed by atoms with E-state index < -0.39 is 0 Å². The van der Waals surface area contributed by atoms with Crippen LogP contribution in [0.5, 0.6) is 0 Å². The quantitative estimate of drug-likeness (QED) is 0.643. The van der Waals surface area contributed by atoms with Crippen LogP contribution < -0.4 is 4.57 Å². The number of hydrogen-bond donors (Lipinski definition) is 0. The van der Waals surface area contributed by atoms with E-state index in [2.05, 4.69) is 16.3 Å². The highest BCUT2D eigenvalue weighted by Gasteiger charge is 2.02. The van der Waals surface area contributed by atoms with Crippen LogP contribution in [0, 0.1) is 6.92 Å². The molecule has 4 heteroatoms. The molecular weight excluding hydrogens is 176 g/mol. The molecule has 0 spiro atoms. The zero-order chi connectivity index (χ0) is 9.97. The summed E-state index contributed by atoms with van der Waals surface area (Å²) >= 11 is 0. The number of hydrogen-bond acceptors (Lipinski definition) is 2. The first kappa shape index (κ1) is 8.87. The second-order valence-corrected chi connectivity index (χ2v) is 3.46. The van der Waals surface area contributed by atoms with Crippen molar-refractivity contribution in [2.24, 2.45) is 7.05 Å². The van der Waals surface area contributed by atoms with Crippen LogP contribution in [0.3, 0.4) is 0 Å². The smallest absolute Gasteiger partial charge is 0.275 e. The van der Waals surface area contributed by atoms with Crippen molar-refractivity contribution in [3.63, 3.8) is 0 Å². The standard InChI is InChI=1S/C10H13N4/c1-9-3-11-8-14(5-9)7-10-4-12-13(2)6-10/h3-6,8H,7H2,1-2H3/q+1. The molecule has 0 saturated heterocycles. The van der Waals surface area contributed by atoms with Crippen molar-refractivity contribution < 1.29 is 4.57 Å². The topological polar surface area (TPSA) is 34.6 Å². The molecule has 0 unspecified atom stereocenters. The van der Waals surface area contributed by atoms with Crippen LogP contribution in [0.2, 0.25) is 0 Å². The molecule has 0 radical (unpaired) electrons. The third kappa shape index (κ3) is 1.96. The number of aryl methyl sites for hydroxylation is 2. The average Bonchev–Trinajstić information content (AvgIpc) is 2.51. The Morgan fingerprint density at radius 3 is 2.93 bits per heavy atom. The number of aromatic nitrogens is 4. The molecule has 14 heavy (non-hydrogen) atoms. The van der Waals surface area contributed by atoms with E-state index in [9.17, 15) is 0 Å². The van der Waals surface area contributed by atoms with E-state index in [1.54, 1.807) is 4.68 Å².